The Morgan fingerprint density at radius 1 is 1.29 bits per heavy atom. The predicted octanol–water partition coefficient (Wildman–Crippen LogP) is 1.18. The molecule has 21 heavy (non-hydrogen) atoms. The molecule has 0 saturated carbocycles. The minimum absolute atomic E-state index is 0.0776. The van der Waals surface area contributed by atoms with E-state index < -0.39 is 0 Å². The summed E-state index contributed by atoms with van der Waals surface area (Å²) in [6, 6.07) is 9.34. The van der Waals surface area contributed by atoms with Crippen LogP contribution < -0.4 is 10.6 Å². The molecule has 0 aliphatic carbocycles. The van der Waals surface area contributed by atoms with Gasteiger partial charge in [-0.15, -0.1) is 11.8 Å². The number of nitrogens with zero attached hydrogens (tertiary/aromatic N) is 1. The standard InChI is InChI=1S/C15H21N3O2S/c1-12(15(20)18-9-7-16-8-10-18)21-11-14(19)17-13-5-3-2-4-6-13/h2-6,12,16H,7-11H2,1H3,(H,17,19). The Labute approximate surface area is 129 Å². The van der Waals surface area contributed by atoms with Gasteiger partial charge >= 0.3 is 0 Å². The van der Waals surface area contributed by atoms with E-state index in [0.29, 0.717) is 0 Å². The van der Waals surface area contributed by atoms with Crippen LogP contribution in [0.4, 0.5) is 5.69 Å². The fraction of sp³-hybridized carbons (Fsp3) is 0.467. The summed E-state index contributed by atoms with van der Waals surface area (Å²) in [6.07, 6.45) is 0. The van der Waals surface area contributed by atoms with Gasteiger partial charge in [0.15, 0.2) is 0 Å². The molecule has 6 heteroatoms. The number of anilines is 1. The number of nitrogens with one attached hydrogen (secondary N) is 2. The summed E-state index contributed by atoms with van der Waals surface area (Å²) < 4.78 is 0. The average Bonchev–Trinajstić information content (AvgIpc) is 2.53. The number of hydrogen-bond donors (Lipinski definition) is 2. The van der Waals surface area contributed by atoms with Crippen LogP contribution in [0.15, 0.2) is 30.3 Å². The third-order valence-electron chi connectivity index (χ3n) is 3.30. The van der Waals surface area contributed by atoms with Crippen molar-refractivity contribution < 1.29 is 9.59 Å². The molecule has 2 rings (SSSR count). The van der Waals surface area contributed by atoms with Crippen molar-refractivity contribution in [2.24, 2.45) is 0 Å². The Balaban J connectivity index is 1.74. The lowest BCUT2D eigenvalue weighted by atomic mass is 10.3. The van der Waals surface area contributed by atoms with E-state index in [9.17, 15) is 9.59 Å². The van der Waals surface area contributed by atoms with E-state index in [2.05, 4.69) is 10.6 Å². The van der Waals surface area contributed by atoms with Gasteiger partial charge in [0.05, 0.1) is 11.0 Å². The first-order valence-electron chi connectivity index (χ1n) is 7.13. The quantitative estimate of drug-likeness (QED) is 0.857. The maximum Gasteiger partial charge on any atom is 0.235 e. The number of hydrogen-bond acceptors (Lipinski definition) is 4. The molecule has 1 saturated heterocycles. The van der Waals surface area contributed by atoms with Gasteiger partial charge in [0.1, 0.15) is 0 Å². The highest BCUT2D eigenvalue weighted by Crippen LogP contribution is 2.15. The van der Waals surface area contributed by atoms with Crippen molar-refractivity contribution in [3.63, 3.8) is 0 Å². The van der Waals surface area contributed by atoms with Crippen LogP contribution in [0.1, 0.15) is 6.92 Å². The van der Waals surface area contributed by atoms with Gasteiger partial charge in [-0.1, -0.05) is 18.2 Å². The summed E-state index contributed by atoms with van der Waals surface area (Å²) in [6.45, 7) is 5.06. The SMILES string of the molecule is CC(SCC(=O)Nc1ccccc1)C(=O)N1CCNCC1. The molecule has 1 aliphatic heterocycles. The summed E-state index contributed by atoms with van der Waals surface area (Å²) in [5.41, 5.74) is 0.782. The number of benzene rings is 1. The van der Waals surface area contributed by atoms with Crippen LogP contribution >= 0.6 is 11.8 Å². The Morgan fingerprint density at radius 2 is 1.95 bits per heavy atom. The van der Waals surface area contributed by atoms with Crippen molar-refractivity contribution in [2.45, 2.75) is 12.2 Å². The van der Waals surface area contributed by atoms with Crippen molar-refractivity contribution in [1.29, 1.82) is 0 Å². The Bertz CT molecular complexity index is 475. The van der Waals surface area contributed by atoms with Crippen LogP contribution in [-0.4, -0.2) is 53.9 Å². The van der Waals surface area contributed by atoms with E-state index in [1.165, 1.54) is 11.8 Å². The summed E-state index contributed by atoms with van der Waals surface area (Å²) in [5, 5.41) is 5.85. The fourth-order valence-electron chi connectivity index (χ4n) is 2.13. The number of carbonyl (C=O) groups excluding carboxylic acids is 2. The summed E-state index contributed by atoms with van der Waals surface area (Å²) in [5.74, 6) is 0.327. The van der Waals surface area contributed by atoms with E-state index in [1.54, 1.807) is 0 Å². The first kappa shape index (κ1) is 15.9. The van der Waals surface area contributed by atoms with E-state index >= 15 is 0 Å². The molecular formula is C15H21N3O2S. The zero-order valence-corrected chi connectivity index (χ0v) is 13.0. The van der Waals surface area contributed by atoms with Crippen molar-refractivity contribution in [2.75, 3.05) is 37.2 Å². The average molecular weight is 307 g/mol. The molecule has 1 unspecified atom stereocenters. The van der Waals surface area contributed by atoms with Crippen LogP contribution in [0.25, 0.3) is 0 Å². The van der Waals surface area contributed by atoms with Gasteiger partial charge in [-0.05, 0) is 19.1 Å². The molecule has 1 fully saturated rings. The lowest BCUT2D eigenvalue weighted by Gasteiger charge is -2.29. The minimum atomic E-state index is -0.190. The van der Waals surface area contributed by atoms with Crippen molar-refractivity contribution in [3.05, 3.63) is 30.3 Å². The minimum Gasteiger partial charge on any atom is -0.339 e. The molecule has 5 nitrogen and oxygen atoms in total. The molecule has 0 spiro atoms. The molecule has 0 radical (unpaired) electrons. The van der Waals surface area contributed by atoms with Crippen molar-refractivity contribution in [1.82, 2.24) is 10.2 Å². The largest absolute Gasteiger partial charge is 0.339 e. The summed E-state index contributed by atoms with van der Waals surface area (Å²) >= 11 is 1.38. The normalized spacial score (nSPS) is 16.3. The van der Waals surface area contributed by atoms with Gasteiger partial charge < -0.3 is 15.5 Å². The van der Waals surface area contributed by atoms with E-state index in [4.69, 9.17) is 0 Å². The second kappa shape index (κ2) is 8.05. The van der Waals surface area contributed by atoms with Crippen LogP contribution in [0, 0.1) is 0 Å². The molecule has 1 aliphatic rings. The molecule has 0 aromatic heterocycles. The van der Waals surface area contributed by atoms with E-state index in [0.717, 1.165) is 31.9 Å². The van der Waals surface area contributed by atoms with Crippen LogP contribution in [-0.2, 0) is 9.59 Å². The molecule has 1 aromatic rings. The highest BCUT2D eigenvalue weighted by molar-refractivity contribution is 8.01. The Morgan fingerprint density at radius 3 is 2.62 bits per heavy atom. The van der Waals surface area contributed by atoms with Crippen LogP contribution in [0.5, 0.6) is 0 Å². The van der Waals surface area contributed by atoms with E-state index in [1.807, 2.05) is 42.2 Å². The smallest absolute Gasteiger partial charge is 0.235 e. The van der Waals surface area contributed by atoms with Crippen LogP contribution in [0.2, 0.25) is 0 Å². The number of piperazine rings is 1. The first-order chi connectivity index (χ1) is 10.2. The second-order valence-electron chi connectivity index (χ2n) is 4.94. The highest BCUT2D eigenvalue weighted by atomic mass is 32.2. The molecule has 1 aromatic carbocycles. The predicted molar refractivity (Wildman–Crippen MR) is 86.4 cm³/mol. The molecule has 0 bridgehead atoms. The molecule has 114 valence electrons. The second-order valence-corrected chi connectivity index (χ2v) is 6.27. The number of carbonyl (C=O) groups is 2. The first-order valence-corrected chi connectivity index (χ1v) is 8.17. The van der Waals surface area contributed by atoms with Gasteiger partial charge in [0.25, 0.3) is 0 Å². The Hall–Kier alpha value is -1.53. The molecule has 2 N–H and O–H groups in total. The van der Waals surface area contributed by atoms with Crippen LogP contribution in [0.3, 0.4) is 0 Å². The summed E-state index contributed by atoms with van der Waals surface area (Å²) in [7, 11) is 0. The number of thioether (sulfide) groups is 1. The molecule has 1 heterocycles. The number of para-hydroxylation sites is 1. The lowest BCUT2D eigenvalue weighted by molar-refractivity contribution is -0.130. The van der Waals surface area contributed by atoms with Gasteiger partial charge in [-0.25, -0.2) is 0 Å². The highest BCUT2D eigenvalue weighted by Gasteiger charge is 2.22. The lowest BCUT2D eigenvalue weighted by Crippen LogP contribution is -2.48. The Kier molecular flexibility index (Phi) is 6.07. The maximum atomic E-state index is 12.2. The number of amides is 2. The van der Waals surface area contributed by atoms with Gasteiger partial charge in [0.2, 0.25) is 11.8 Å². The fourth-order valence-corrected chi connectivity index (χ4v) is 2.90. The zero-order valence-electron chi connectivity index (χ0n) is 12.2. The van der Waals surface area contributed by atoms with Gasteiger partial charge in [-0.3, -0.25) is 9.59 Å². The summed E-state index contributed by atoms with van der Waals surface area (Å²) in [4.78, 5) is 25.9. The third kappa shape index (κ3) is 5.06. The van der Waals surface area contributed by atoms with Gasteiger partial charge in [-0.2, -0.15) is 0 Å². The number of rotatable bonds is 5. The molecular weight excluding hydrogens is 286 g/mol. The monoisotopic (exact) mass is 307 g/mol. The molecule has 1 atom stereocenters. The topological polar surface area (TPSA) is 61.4 Å². The van der Waals surface area contributed by atoms with Crippen molar-refractivity contribution in [3.8, 4) is 0 Å². The maximum absolute atomic E-state index is 12.2. The van der Waals surface area contributed by atoms with Gasteiger partial charge in [0, 0.05) is 31.9 Å². The zero-order chi connectivity index (χ0) is 15.1. The molecule has 2 amide bonds. The van der Waals surface area contributed by atoms with Crippen molar-refractivity contribution >= 4 is 29.3 Å². The van der Waals surface area contributed by atoms with E-state index in [-0.39, 0.29) is 22.8 Å². The third-order valence-corrected chi connectivity index (χ3v) is 4.43.